The molecule has 9 rings (SSSR count). The van der Waals surface area contributed by atoms with Crippen LogP contribution in [-0.4, -0.2) is 44.5 Å². The van der Waals surface area contributed by atoms with Gasteiger partial charge in [-0.05, 0) is 48.5 Å². The fraction of sp³-hybridized carbons (Fsp3) is 0. The van der Waals surface area contributed by atoms with E-state index >= 15 is 0 Å². The second-order valence-corrected chi connectivity index (χ2v) is 12.5. The topological polar surface area (TPSA) is 118 Å². The Bertz CT molecular complexity index is 2460. The Balaban J connectivity index is 1.33. The second-order valence-electron chi connectivity index (χ2n) is 12.5. The van der Waals surface area contributed by atoms with Crippen molar-refractivity contribution in [3.05, 3.63) is 170 Å². The van der Waals surface area contributed by atoms with Gasteiger partial charge >= 0.3 is 0 Å². The highest BCUT2D eigenvalue weighted by Gasteiger charge is 2.28. The van der Waals surface area contributed by atoms with Crippen molar-refractivity contribution in [2.75, 3.05) is 0 Å². The van der Waals surface area contributed by atoms with E-state index in [0.717, 1.165) is 56.2 Å². The zero-order chi connectivity index (χ0) is 35.7. The number of nitrogens with zero attached hydrogens (tertiary/aromatic N) is 6. The predicted molar refractivity (Wildman–Crippen MR) is 207 cm³/mol. The number of imidazole rings is 2. The van der Waals surface area contributed by atoms with E-state index in [1.807, 2.05) is 143 Å². The Hall–Kier alpha value is -7.52. The number of phenolic OH excluding ortho intramolecular Hbond substituents is 2. The van der Waals surface area contributed by atoms with Crippen molar-refractivity contribution < 1.29 is 10.2 Å². The number of H-pyrrole nitrogens is 1. The summed E-state index contributed by atoms with van der Waals surface area (Å²) in [4.78, 5) is 15.7. The zero-order valence-electron chi connectivity index (χ0n) is 28.2. The maximum Gasteiger partial charge on any atom is 0.256 e. The first kappa shape index (κ1) is 31.5. The number of phenols is 2. The lowest BCUT2D eigenvalue weighted by Gasteiger charge is -2.11. The van der Waals surface area contributed by atoms with Crippen LogP contribution < -0.4 is 0 Å². The van der Waals surface area contributed by atoms with Gasteiger partial charge in [0, 0.05) is 33.4 Å². The first-order chi connectivity index (χ1) is 26.1. The molecule has 3 aromatic heterocycles. The molecule has 0 aliphatic heterocycles. The van der Waals surface area contributed by atoms with Crippen LogP contribution in [0, 0.1) is 0 Å². The number of hydrogen-bond donors (Lipinski definition) is 3. The predicted octanol–water partition coefficient (Wildman–Crippen LogP) is 9.59. The summed E-state index contributed by atoms with van der Waals surface area (Å²) in [5, 5.41) is 28.5. The largest absolute Gasteiger partial charge is 0.508 e. The van der Waals surface area contributed by atoms with Crippen molar-refractivity contribution in [2.45, 2.75) is 0 Å². The van der Waals surface area contributed by atoms with Gasteiger partial charge in [0.1, 0.15) is 23.1 Å². The van der Waals surface area contributed by atoms with Gasteiger partial charge in [-0.1, -0.05) is 121 Å². The first-order valence-electron chi connectivity index (χ1n) is 17.1. The average Bonchev–Trinajstić information content (AvgIpc) is 3.96. The lowest BCUT2D eigenvalue weighted by atomic mass is 10.0. The molecule has 9 heteroatoms. The summed E-state index contributed by atoms with van der Waals surface area (Å²) in [5.74, 6) is 2.33. The standard InChI is InChI=1S/C44H31N7O2/c52-35-25-21-33(22-26-35)41-45-37(29-13-5-1-6-14-29)39(31-17-9-3-10-18-31)50(41)43-47-44(49-48-43)51-40(32-19-11-4-12-20-32)38(30-15-7-2-8-16-30)46-42(51)34-23-27-36(53)28-24-34/h1-28,52-53H,(H,47,48,49). The molecule has 0 aliphatic carbocycles. The fourth-order valence-electron chi connectivity index (χ4n) is 6.61. The van der Waals surface area contributed by atoms with Gasteiger partial charge in [-0.15, -0.1) is 5.10 Å². The molecule has 9 nitrogen and oxygen atoms in total. The molecule has 0 radical (unpaired) electrons. The molecule has 0 aliphatic rings. The molecule has 0 saturated heterocycles. The van der Waals surface area contributed by atoms with Crippen LogP contribution in [0.4, 0.5) is 0 Å². The van der Waals surface area contributed by atoms with E-state index in [-0.39, 0.29) is 11.5 Å². The third-order valence-corrected chi connectivity index (χ3v) is 9.07. The zero-order valence-corrected chi connectivity index (χ0v) is 28.2. The number of aromatic amines is 1. The van der Waals surface area contributed by atoms with Gasteiger partial charge in [0.25, 0.3) is 5.95 Å². The Kier molecular flexibility index (Phi) is 7.90. The third-order valence-electron chi connectivity index (χ3n) is 9.07. The maximum atomic E-state index is 10.2. The van der Waals surface area contributed by atoms with Crippen LogP contribution in [-0.2, 0) is 0 Å². The Morgan fingerprint density at radius 2 is 0.755 bits per heavy atom. The summed E-state index contributed by atoms with van der Waals surface area (Å²) in [6, 6.07) is 54.2. The van der Waals surface area contributed by atoms with Crippen LogP contribution in [0.3, 0.4) is 0 Å². The molecule has 6 aromatic carbocycles. The summed E-state index contributed by atoms with van der Waals surface area (Å²) in [5.41, 5.74) is 8.45. The molecule has 9 aromatic rings. The molecule has 0 atom stereocenters. The van der Waals surface area contributed by atoms with Crippen LogP contribution in [0.25, 0.3) is 79.7 Å². The minimum absolute atomic E-state index is 0.156. The van der Waals surface area contributed by atoms with E-state index in [9.17, 15) is 10.2 Å². The molecule has 53 heavy (non-hydrogen) atoms. The Morgan fingerprint density at radius 1 is 0.377 bits per heavy atom. The average molecular weight is 690 g/mol. The van der Waals surface area contributed by atoms with Gasteiger partial charge in [0.05, 0.1) is 22.8 Å². The number of rotatable bonds is 8. The molecular weight excluding hydrogens is 659 g/mol. The lowest BCUT2D eigenvalue weighted by Crippen LogP contribution is -2.05. The van der Waals surface area contributed by atoms with Crippen LogP contribution in [0.2, 0.25) is 0 Å². The van der Waals surface area contributed by atoms with Crippen molar-refractivity contribution in [3.63, 3.8) is 0 Å². The summed E-state index contributed by atoms with van der Waals surface area (Å²) < 4.78 is 3.94. The molecule has 3 N–H and O–H groups in total. The molecular formula is C44H31N7O2. The molecule has 0 spiro atoms. The van der Waals surface area contributed by atoms with Crippen molar-refractivity contribution in [2.24, 2.45) is 0 Å². The lowest BCUT2D eigenvalue weighted by molar-refractivity contribution is 0.475. The van der Waals surface area contributed by atoms with Crippen molar-refractivity contribution >= 4 is 0 Å². The van der Waals surface area contributed by atoms with Crippen molar-refractivity contribution in [3.8, 4) is 91.2 Å². The van der Waals surface area contributed by atoms with Crippen LogP contribution in [0.15, 0.2) is 170 Å². The number of hydrogen-bond acceptors (Lipinski definition) is 6. The second kappa shape index (κ2) is 13.3. The third kappa shape index (κ3) is 5.82. The number of nitrogens with one attached hydrogen (secondary N) is 1. The maximum absolute atomic E-state index is 10.2. The Labute approximate surface area is 304 Å². The minimum atomic E-state index is 0.156. The van der Waals surface area contributed by atoms with E-state index < -0.39 is 0 Å². The summed E-state index contributed by atoms with van der Waals surface area (Å²) in [6.45, 7) is 0. The minimum Gasteiger partial charge on any atom is -0.508 e. The van der Waals surface area contributed by atoms with Crippen LogP contribution in [0.5, 0.6) is 11.5 Å². The van der Waals surface area contributed by atoms with E-state index in [2.05, 4.69) is 17.2 Å². The molecule has 0 unspecified atom stereocenters. The van der Waals surface area contributed by atoms with Gasteiger partial charge < -0.3 is 10.2 Å². The summed E-state index contributed by atoms with van der Waals surface area (Å²) in [6.07, 6.45) is 0. The van der Waals surface area contributed by atoms with Gasteiger partial charge in [0.15, 0.2) is 0 Å². The summed E-state index contributed by atoms with van der Waals surface area (Å²) in [7, 11) is 0. The van der Waals surface area contributed by atoms with E-state index in [4.69, 9.17) is 20.1 Å². The number of aromatic nitrogens is 7. The van der Waals surface area contributed by atoms with Crippen LogP contribution in [0.1, 0.15) is 0 Å². The van der Waals surface area contributed by atoms with Crippen molar-refractivity contribution in [1.82, 2.24) is 34.3 Å². The summed E-state index contributed by atoms with van der Waals surface area (Å²) >= 11 is 0. The normalized spacial score (nSPS) is 11.2. The van der Waals surface area contributed by atoms with E-state index in [1.54, 1.807) is 24.3 Å². The smallest absolute Gasteiger partial charge is 0.256 e. The SMILES string of the molecule is Oc1ccc(-c2nc(-c3ccccc3)c(-c3ccccc3)n2-c2n[nH]c(-n3c(-c4ccc(O)cc4)nc(-c4ccccc4)c3-c3ccccc3)n2)cc1. The molecule has 0 amide bonds. The molecule has 0 saturated carbocycles. The van der Waals surface area contributed by atoms with Gasteiger partial charge in [0.2, 0.25) is 5.95 Å². The first-order valence-corrected chi connectivity index (χ1v) is 17.1. The number of aromatic hydroxyl groups is 2. The highest BCUT2D eigenvalue weighted by Crippen LogP contribution is 2.40. The highest BCUT2D eigenvalue weighted by atomic mass is 16.3. The van der Waals surface area contributed by atoms with Gasteiger partial charge in [-0.25, -0.2) is 15.1 Å². The molecule has 0 fully saturated rings. The fourth-order valence-corrected chi connectivity index (χ4v) is 6.61. The van der Waals surface area contributed by atoms with Gasteiger partial charge in [-0.2, -0.15) is 4.98 Å². The van der Waals surface area contributed by atoms with E-state index in [0.29, 0.717) is 23.5 Å². The Morgan fingerprint density at radius 3 is 1.19 bits per heavy atom. The monoisotopic (exact) mass is 689 g/mol. The van der Waals surface area contributed by atoms with Crippen LogP contribution >= 0.6 is 0 Å². The van der Waals surface area contributed by atoms with E-state index in [1.165, 1.54) is 0 Å². The van der Waals surface area contributed by atoms with Crippen molar-refractivity contribution in [1.29, 1.82) is 0 Å². The molecule has 254 valence electrons. The molecule has 0 bridgehead atoms. The highest BCUT2D eigenvalue weighted by molar-refractivity contribution is 5.85. The number of benzene rings is 6. The quantitative estimate of drug-likeness (QED) is 0.146. The van der Waals surface area contributed by atoms with Gasteiger partial charge in [-0.3, -0.25) is 9.13 Å². The molecule has 3 heterocycles.